The highest BCUT2D eigenvalue weighted by Gasteiger charge is 2.41. The Balaban J connectivity index is 1.29. The molecule has 2 saturated carbocycles. The summed E-state index contributed by atoms with van der Waals surface area (Å²) in [4.78, 5) is 25.5. The van der Waals surface area contributed by atoms with Gasteiger partial charge in [0.05, 0.1) is 5.56 Å². The van der Waals surface area contributed by atoms with Gasteiger partial charge in [-0.05, 0) is 55.2 Å². The summed E-state index contributed by atoms with van der Waals surface area (Å²) in [5.41, 5.74) is 0.205. The second kappa shape index (κ2) is 8.06. The van der Waals surface area contributed by atoms with Gasteiger partial charge in [-0.25, -0.2) is 9.48 Å². The number of alkyl halides is 3. The van der Waals surface area contributed by atoms with Crippen molar-refractivity contribution < 1.29 is 18.0 Å². The van der Waals surface area contributed by atoms with Crippen LogP contribution in [-0.4, -0.2) is 26.3 Å². The lowest BCUT2D eigenvalue weighted by Crippen LogP contribution is -2.35. The maximum atomic E-state index is 13.0. The molecule has 0 saturated heterocycles. The van der Waals surface area contributed by atoms with Gasteiger partial charge in [-0.15, -0.1) is 5.10 Å². The van der Waals surface area contributed by atoms with Crippen molar-refractivity contribution in [1.29, 1.82) is 0 Å². The number of aromatic nitrogens is 3. The van der Waals surface area contributed by atoms with Crippen LogP contribution in [0.2, 0.25) is 5.02 Å². The first-order valence-corrected chi connectivity index (χ1v) is 11.0. The van der Waals surface area contributed by atoms with E-state index in [1.807, 2.05) is 0 Å². The fourth-order valence-corrected chi connectivity index (χ4v) is 4.16. The van der Waals surface area contributed by atoms with E-state index in [1.54, 1.807) is 34.9 Å². The Kier molecular flexibility index (Phi) is 5.31. The molecule has 172 valence electrons. The van der Waals surface area contributed by atoms with Crippen LogP contribution in [0.25, 0.3) is 11.4 Å². The minimum Gasteiger partial charge on any atom is -0.351 e. The number of amides is 1. The molecule has 33 heavy (non-hydrogen) atoms. The van der Waals surface area contributed by atoms with Crippen molar-refractivity contribution >= 4 is 17.5 Å². The summed E-state index contributed by atoms with van der Waals surface area (Å²) >= 11 is 5.96. The molecule has 2 atom stereocenters. The van der Waals surface area contributed by atoms with E-state index in [0.717, 1.165) is 35.2 Å². The molecule has 2 aliphatic rings. The molecule has 2 fully saturated rings. The molecule has 1 amide bonds. The third-order valence-corrected chi connectivity index (χ3v) is 6.21. The smallest absolute Gasteiger partial charge is 0.351 e. The highest BCUT2D eigenvalue weighted by Crippen LogP contribution is 2.42. The van der Waals surface area contributed by atoms with Crippen LogP contribution in [0.3, 0.4) is 0 Å². The minimum absolute atomic E-state index is 0.0636. The molecule has 0 aliphatic heterocycles. The summed E-state index contributed by atoms with van der Waals surface area (Å²) in [5, 5.41) is 7.77. The third-order valence-electron chi connectivity index (χ3n) is 5.96. The first-order chi connectivity index (χ1) is 15.7. The Morgan fingerprint density at radius 1 is 1.15 bits per heavy atom. The zero-order chi connectivity index (χ0) is 23.3. The van der Waals surface area contributed by atoms with Crippen molar-refractivity contribution in [3.05, 3.63) is 75.2 Å². The van der Waals surface area contributed by atoms with Crippen LogP contribution >= 0.6 is 11.6 Å². The van der Waals surface area contributed by atoms with Crippen molar-refractivity contribution in [2.24, 2.45) is 0 Å². The van der Waals surface area contributed by atoms with Gasteiger partial charge >= 0.3 is 11.9 Å². The Morgan fingerprint density at radius 2 is 1.88 bits per heavy atom. The predicted molar refractivity (Wildman–Crippen MR) is 116 cm³/mol. The van der Waals surface area contributed by atoms with Gasteiger partial charge in [0, 0.05) is 28.6 Å². The molecule has 5 rings (SSSR count). The lowest BCUT2D eigenvalue weighted by atomic mass is 10.1. The van der Waals surface area contributed by atoms with Crippen LogP contribution in [0, 0.1) is 0 Å². The fourth-order valence-electron chi connectivity index (χ4n) is 4.04. The Morgan fingerprint density at radius 3 is 2.55 bits per heavy atom. The summed E-state index contributed by atoms with van der Waals surface area (Å²) in [6.45, 7) is -0.259. The van der Waals surface area contributed by atoms with Crippen LogP contribution in [0.1, 0.15) is 42.3 Å². The standard InChI is InChI=1S/C23H20ClF3N4O2/c24-16-6-4-13(5-7-16)21-29-30(22(33)31(21)17-8-9-17)12-20(32)28-19-11-18(19)14-2-1-3-15(10-14)23(25,26)27/h1-7,10,17-19H,8-9,11-12H2,(H,28,32)/t18-,19-/m1/s1. The topological polar surface area (TPSA) is 68.9 Å². The van der Waals surface area contributed by atoms with Gasteiger partial charge in [0.15, 0.2) is 5.82 Å². The number of hydrogen-bond donors (Lipinski definition) is 1. The monoisotopic (exact) mass is 476 g/mol. The van der Waals surface area contributed by atoms with Gasteiger partial charge < -0.3 is 5.32 Å². The molecular formula is C23H20ClF3N4O2. The summed E-state index contributed by atoms with van der Waals surface area (Å²) in [5.74, 6) is -0.0958. The molecule has 1 N–H and O–H groups in total. The molecule has 0 unspecified atom stereocenters. The van der Waals surface area contributed by atoms with Gasteiger partial charge in [0.1, 0.15) is 6.54 Å². The molecule has 0 radical (unpaired) electrons. The fraction of sp³-hybridized carbons (Fsp3) is 0.348. The minimum atomic E-state index is -4.41. The van der Waals surface area contributed by atoms with E-state index < -0.39 is 17.6 Å². The van der Waals surface area contributed by atoms with Gasteiger partial charge in [0.25, 0.3) is 0 Å². The van der Waals surface area contributed by atoms with Gasteiger partial charge in [0.2, 0.25) is 5.91 Å². The first-order valence-electron chi connectivity index (χ1n) is 10.6. The van der Waals surface area contributed by atoms with Crippen molar-refractivity contribution in [3.8, 4) is 11.4 Å². The molecule has 2 aromatic carbocycles. The third kappa shape index (κ3) is 4.55. The number of rotatable bonds is 6. The zero-order valence-electron chi connectivity index (χ0n) is 17.3. The molecule has 2 aliphatic carbocycles. The molecule has 10 heteroatoms. The highest BCUT2D eigenvalue weighted by atomic mass is 35.5. The second-order valence-electron chi connectivity index (χ2n) is 8.51. The van der Waals surface area contributed by atoms with E-state index in [-0.39, 0.29) is 30.2 Å². The van der Waals surface area contributed by atoms with Crippen molar-refractivity contribution in [3.63, 3.8) is 0 Å². The number of carbonyl (C=O) groups excluding carboxylic acids is 1. The van der Waals surface area contributed by atoms with Gasteiger partial charge in [-0.1, -0.05) is 29.8 Å². The summed E-state index contributed by atoms with van der Waals surface area (Å²) in [7, 11) is 0. The van der Waals surface area contributed by atoms with E-state index in [9.17, 15) is 22.8 Å². The maximum Gasteiger partial charge on any atom is 0.416 e. The van der Waals surface area contributed by atoms with E-state index in [1.165, 1.54) is 6.07 Å². The van der Waals surface area contributed by atoms with Crippen LogP contribution < -0.4 is 11.0 Å². The number of nitrogens with zero attached hydrogens (tertiary/aromatic N) is 3. The van der Waals surface area contributed by atoms with Crippen LogP contribution in [0.5, 0.6) is 0 Å². The van der Waals surface area contributed by atoms with Crippen molar-refractivity contribution in [2.45, 2.75) is 50.0 Å². The van der Waals surface area contributed by atoms with Gasteiger partial charge in [-0.2, -0.15) is 13.2 Å². The highest BCUT2D eigenvalue weighted by molar-refractivity contribution is 6.30. The Bertz CT molecular complexity index is 1260. The maximum absolute atomic E-state index is 13.0. The average Bonchev–Trinajstić information content (AvgIpc) is 3.69. The lowest BCUT2D eigenvalue weighted by molar-refractivity contribution is -0.137. The van der Waals surface area contributed by atoms with Crippen molar-refractivity contribution in [2.75, 3.05) is 0 Å². The number of nitrogens with one attached hydrogen (secondary N) is 1. The number of halogens is 4. The predicted octanol–water partition coefficient (Wildman–Crippen LogP) is 4.39. The van der Waals surface area contributed by atoms with E-state index in [0.29, 0.717) is 22.8 Å². The molecule has 3 aromatic rings. The summed E-state index contributed by atoms with van der Waals surface area (Å²) in [6.07, 6.45) is -2.11. The largest absolute Gasteiger partial charge is 0.416 e. The molecule has 0 spiro atoms. The Hall–Kier alpha value is -3.07. The van der Waals surface area contributed by atoms with Gasteiger partial charge in [-0.3, -0.25) is 9.36 Å². The molecule has 1 aromatic heterocycles. The summed E-state index contributed by atoms with van der Waals surface area (Å²) < 4.78 is 41.6. The second-order valence-corrected chi connectivity index (χ2v) is 8.95. The first kappa shape index (κ1) is 21.8. The van der Waals surface area contributed by atoms with Crippen LogP contribution in [0.15, 0.2) is 53.3 Å². The SMILES string of the molecule is O=C(Cn1nc(-c2ccc(Cl)cc2)n(C2CC2)c1=O)N[C@@H]1C[C@@H]1c1cccc(C(F)(F)F)c1. The molecular weight excluding hydrogens is 457 g/mol. The van der Waals surface area contributed by atoms with E-state index in [4.69, 9.17) is 11.6 Å². The average molecular weight is 477 g/mol. The number of carbonyl (C=O) groups is 1. The van der Waals surface area contributed by atoms with E-state index in [2.05, 4.69) is 10.4 Å². The molecule has 1 heterocycles. The number of hydrogen-bond acceptors (Lipinski definition) is 3. The molecule has 6 nitrogen and oxygen atoms in total. The van der Waals surface area contributed by atoms with E-state index >= 15 is 0 Å². The Labute approximate surface area is 192 Å². The van der Waals surface area contributed by atoms with Crippen LogP contribution in [0.4, 0.5) is 13.2 Å². The molecule has 0 bridgehead atoms. The lowest BCUT2D eigenvalue weighted by Gasteiger charge is -2.09. The van der Waals surface area contributed by atoms with Crippen molar-refractivity contribution in [1.82, 2.24) is 19.7 Å². The normalized spacial score (nSPS) is 20.0. The summed E-state index contributed by atoms with van der Waals surface area (Å²) in [6, 6.07) is 11.9. The quantitative estimate of drug-likeness (QED) is 0.573. The van der Waals surface area contributed by atoms with Crippen LogP contribution in [-0.2, 0) is 17.5 Å². The number of benzene rings is 2. The zero-order valence-corrected chi connectivity index (χ0v) is 18.1.